The maximum atomic E-state index is 12.4. The standard InChI is InChI=1S/C20H17Cl2N3OS/c1-11-3-6-14(7-4-11)25-20-18(12(2)24-25)19(27-10-17(26)23-20)15-8-5-13(21)9-16(15)22/h3-9,19H,10H2,1-2H3,(H,23,26)/t19-/m1/s1. The predicted molar refractivity (Wildman–Crippen MR) is 112 cm³/mol. The lowest BCUT2D eigenvalue weighted by Crippen LogP contribution is -2.15. The van der Waals surface area contributed by atoms with E-state index < -0.39 is 0 Å². The molecule has 7 heteroatoms. The van der Waals surface area contributed by atoms with Crippen LogP contribution in [0.15, 0.2) is 42.5 Å². The van der Waals surface area contributed by atoms with Crippen molar-refractivity contribution in [2.75, 3.05) is 11.1 Å². The average Bonchev–Trinajstić information content (AvgIpc) is 2.83. The molecule has 4 nitrogen and oxygen atoms in total. The highest BCUT2D eigenvalue weighted by atomic mass is 35.5. The van der Waals surface area contributed by atoms with Gasteiger partial charge in [-0.1, -0.05) is 47.0 Å². The van der Waals surface area contributed by atoms with Gasteiger partial charge in [-0.25, -0.2) is 4.68 Å². The first kappa shape index (κ1) is 18.4. The minimum Gasteiger partial charge on any atom is -0.310 e. The molecule has 0 spiro atoms. The third-order valence-electron chi connectivity index (χ3n) is 4.53. The van der Waals surface area contributed by atoms with Crippen LogP contribution in [0.3, 0.4) is 0 Å². The highest BCUT2D eigenvalue weighted by molar-refractivity contribution is 8.00. The fourth-order valence-electron chi connectivity index (χ4n) is 3.22. The Balaban J connectivity index is 1.90. The number of hydrogen-bond donors (Lipinski definition) is 1. The average molecular weight is 418 g/mol. The number of amides is 1. The minimum absolute atomic E-state index is 0.0536. The Bertz CT molecular complexity index is 1030. The van der Waals surface area contributed by atoms with E-state index in [1.807, 2.05) is 50.2 Å². The summed E-state index contributed by atoms with van der Waals surface area (Å²) in [4.78, 5) is 12.4. The molecule has 1 amide bonds. The zero-order chi connectivity index (χ0) is 19.1. The van der Waals surface area contributed by atoms with Gasteiger partial charge in [-0.2, -0.15) is 5.10 Å². The van der Waals surface area contributed by atoms with Crippen molar-refractivity contribution in [2.24, 2.45) is 0 Å². The van der Waals surface area contributed by atoms with E-state index in [9.17, 15) is 4.79 Å². The molecular weight excluding hydrogens is 401 g/mol. The van der Waals surface area contributed by atoms with Crippen LogP contribution in [0.25, 0.3) is 5.69 Å². The molecule has 27 heavy (non-hydrogen) atoms. The van der Waals surface area contributed by atoms with Gasteiger partial charge in [0.05, 0.1) is 22.4 Å². The number of halogens is 2. The van der Waals surface area contributed by atoms with Gasteiger partial charge in [0.2, 0.25) is 5.91 Å². The Kier molecular flexibility index (Phi) is 4.93. The molecule has 138 valence electrons. The van der Waals surface area contributed by atoms with Crippen molar-refractivity contribution in [2.45, 2.75) is 19.1 Å². The number of nitrogens with zero attached hydrogens (tertiary/aromatic N) is 2. The van der Waals surface area contributed by atoms with Gasteiger partial charge in [0, 0.05) is 15.6 Å². The topological polar surface area (TPSA) is 46.9 Å². The first-order valence-electron chi connectivity index (χ1n) is 8.47. The predicted octanol–water partition coefficient (Wildman–Crippen LogP) is 5.57. The second-order valence-corrected chi connectivity index (χ2v) is 8.44. The van der Waals surface area contributed by atoms with E-state index in [-0.39, 0.29) is 11.2 Å². The molecule has 0 saturated heterocycles. The third kappa shape index (κ3) is 3.47. The van der Waals surface area contributed by atoms with Gasteiger partial charge in [-0.05, 0) is 43.7 Å². The largest absolute Gasteiger partial charge is 0.310 e. The summed E-state index contributed by atoms with van der Waals surface area (Å²) in [5.74, 6) is 0.982. The van der Waals surface area contributed by atoms with Gasteiger partial charge in [0.1, 0.15) is 5.82 Å². The van der Waals surface area contributed by atoms with Crippen LogP contribution in [0.2, 0.25) is 10.0 Å². The van der Waals surface area contributed by atoms with Crippen LogP contribution in [0, 0.1) is 13.8 Å². The maximum absolute atomic E-state index is 12.4. The molecule has 0 saturated carbocycles. The van der Waals surface area contributed by atoms with E-state index in [0.717, 1.165) is 22.5 Å². The SMILES string of the molecule is Cc1ccc(-n2nc(C)c3c2NC(=O)CS[C@@H]3c2ccc(Cl)cc2Cl)cc1. The Morgan fingerprint density at radius 2 is 1.89 bits per heavy atom. The molecule has 0 radical (unpaired) electrons. The summed E-state index contributed by atoms with van der Waals surface area (Å²) in [5.41, 5.74) is 4.82. The van der Waals surface area contributed by atoms with Crippen LogP contribution in [-0.4, -0.2) is 21.4 Å². The van der Waals surface area contributed by atoms with Crippen molar-refractivity contribution < 1.29 is 4.79 Å². The van der Waals surface area contributed by atoms with Crippen molar-refractivity contribution in [1.29, 1.82) is 0 Å². The quantitative estimate of drug-likeness (QED) is 0.592. The zero-order valence-corrected chi connectivity index (χ0v) is 17.1. The van der Waals surface area contributed by atoms with Crippen LogP contribution in [0.1, 0.15) is 27.6 Å². The fraction of sp³-hybridized carbons (Fsp3) is 0.200. The molecule has 2 heterocycles. The van der Waals surface area contributed by atoms with Crippen molar-refractivity contribution in [1.82, 2.24) is 9.78 Å². The van der Waals surface area contributed by atoms with E-state index in [1.54, 1.807) is 22.5 Å². The van der Waals surface area contributed by atoms with Crippen LogP contribution in [-0.2, 0) is 4.79 Å². The van der Waals surface area contributed by atoms with E-state index in [2.05, 4.69) is 5.32 Å². The zero-order valence-electron chi connectivity index (χ0n) is 14.8. The highest BCUT2D eigenvalue weighted by Gasteiger charge is 2.31. The smallest absolute Gasteiger partial charge is 0.235 e. The number of hydrogen-bond acceptors (Lipinski definition) is 3. The van der Waals surface area contributed by atoms with Crippen LogP contribution in [0.4, 0.5) is 5.82 Å². The molecule has 4 rings (SSSR count). The van der Waals surface area contributed by atoms with Gasteiger partial charge in [-0.15, -0.1) is 11.8 Å². The summed E-state index contributed by atoms with van der Waals surface area (Å²) in [5, 5.41) is 8.80. The lowest BCUT2D eigenvalue weighted by atomic mass is 10.0. The maximum Gasteiger partial charge on any atom is 0.235 e. The number of rotatable bonds is 2. The number of carbonyl (C=O) groups excluding carboxylic acids is 1. The second kappa shape index (κ2) is 7.23. The molecule has 0 bridgehead atoms. The molecule has 1 aliphatic heterocycles. The summed E-state index contributed by atoms with van der Waals surface area (Å²) >= 11 is 14.1. The lowest BCUT2D eigenvalue weighted by Gasteiger charge is -2.17. The van der Waals surface area contributed by atoms with E-state index in [1.165, 1.54) is 5.56 Å². The highest BCUT2D eigenvalue weighted by Crippen LogP contribution is 2.46. The van der Waals surface area contributed by atoms with Gasteiger partial charge < -0.3 is 5.32 Å². The molecule has 1 N–H and O–H groups in total. The summed E-state index contributed by atoms with van der Waals surface area (Å²) in [6, 6.07) is 13.5. The van der Waals surface area contributed by atoms with Gasteiger partial charge in [0.25, 0.3) is 0 Å². The van der Waals surface area contributed by atoms with E-state index >= 15 is 0 Å². The Hall–Kier alpha value is -1.95. The molecule has 0 unspecified atom stereocenters. The van der Waals surface area contributed by atoms with E-state index in [4.69, 9.17) is 28.3 Å². The lowest BCUT2D eigenvalue weighted by molar-refractivity contribution is -0.113. The molecule has 1 aliphatic rings. The first-order chi connectivity index (χ1) is 12.9. The number of anilines is 1. The Morgan fingerprint density at radius 3 is 2.59 bits per heavy atom. The molecule has 0 aliphatic carbocycles. The van der Waals surface area contributed by atoms with Gasteiger partial charge in [0.15, 0.2) is 0 Å². The van der Waals surface area contributed by atoms with Crippen molar-refractivity contribution in [3.8, 4) is 5.69 Å². The van der Waals surface area contributed by atoms with Crippen molar-refractivity contribution in [3.05, 3.63) is 74.9 Å². The van der Waals surface area contributed by atoms with Crippen LogP contribution in [0.5, 0.6) is 0 Å². The normalized spacial score (nSPS) is 16.6. The summed E-state index contributed by atoms with van der Waals surface area (Å²) < 4.78 is 1.80. The molecule has 1 atom stereocenters. The monoisotopic (exact) mass is 417 g/mol. The van der Waals surface area contributed by atoms with Crippen LogP contribution >= 0.6 is 35.0 Å². The number of fused-ring (bicyclic) bond motifs is 1. The van der Waals surface area contributed by atoms with Crippen molar-refractivity contribution in [3.63, 3.8) is 0 Å². The fourth-order valence-corrected chi connectivity index (χ4v) is 5.02. The first-order valence-corrected chi connectivity index (χ1v) is 10.3. The third-order valence-corrected chi connectivity index (χ3v) is 6.35. The van der Waals surface area contributed by atoms with Gasteiger partial charge in [-0.3, -0.25) is 4.79 Å². The second-order valence-electron chi connectivity index (χ2n) is 6.50. The number of nitrogens with one attached hydrogen (secondary N) is 1. The summed E-state index contributed by atoms with van der Waals surface area (Å²) in [7, 11) is 0. The number of benzene rings is 2. The number of thioether (sulfide) groups is 1. The van der Waals surface area contributed by atoms with Crippen LogP contribution < -0.4 is 5.32 Å². The summed E-state index contributed by atoms with van der Waals surface area (Å²) in [6.07, 6.45) is 0. The minimum atomic E-state index is -0.108. The molecule has 1 aromatic heterocycles. The Labute approximate surface area is 171 Å². The summed E-state index contributed by atoms with van der Waals surface area (Å²) in [6.45, 7) is 3.99. The van der Waals surface area contributed by atoms with E-state index in [0.29, 0.717) is 21.6 Å². The number of carbonyl (C=O) groups is 1. The number of aryl methyl sites for hydroxylation is 2. The molecule has 3 aromatic rings. The van der Waals surface area contributed by atoms with Gasteiger partial charge >= 0.3 is 0 Å². The van der Waals surface area contributed by atoms with Crippen molar-refractivity contribution >= 4 is 46.7 Å². The molecule has 2 aromatic carbocycles. The molecule has 0 fully saturated rings. The molecular formula is C20H17Cl2N3OS. The Morgan fingerprint density at radius 1 is 1.15 bits per heavy atom. The number of aromatic nitrogens is 2.